The van der Waals surface area contributed by atoms with Crippen LogP contribution in [0, 0.1) is 22.2 Å². The Labute approximate surface area is 157 Å². The highest BCUT2D eigenvalue weighted by Crippen LogP contribution is 2.49. The number of allylic oxidation sites excluding steroid dienone is 4. The van der Waals surface area contributed by atoms with Gasteiger partial charge in [-0.3, -0.25) is 0 Å². The van der Waals surface area contributed by atoms with Gasteiger partial charge in [-0.2, -0.15) is 0 Å². The molecule has 2 unspecified atom stereocenters. The Balaban J connectivity index is 2.56. The topological polar surface area (TPSA) is 23.9 Å². The maximum absolute atomic E-state index is 8.56. The van der Waals surface area contributed by atoms with Crippen LogP contribution in [0.5, 0.6) is 0 Å². The molecule has 1 saturated carbocycles. The molecule has 0 saturated heterocycles. The average Bonchev–Trinajstić information content (AvgIpc) is 2.54. The first-order valence-electron chi connectivity index (χ1n) is 10.5. The normalized spacial score (nSPS) is 24.1. The Kier molecular flexibility index (Phi) is 8.64. The molecule has 0 radical (unpaired) electrons. The molecule has 0 amide bonds. The number of rotatable bonds is 11. The lowest BCUT2D eigenvalue weighted by Crippen LogP contribution is -2.29. The quantitative estimate of drug-likeness (QED) is 0.289. The summed E-state index contributed by atoms with van der Waals surface area (Å²) in [5.74, 6) is 0.695. The number of nitrogens with one attached hydrogen (secondary N) is 1. The summed E-state index contributed by atoms with van der Waals surface area (Å²) in [4.78, 5) is 0. The third-order valence-electron chi connectivity index (χ3n) is 6.54. The van der Waals surface area contributed by atoms with E-state index in [1.807, 2.05) is 0 Å². The van der Waals surface area contributed by atoms with Crippen LogP contribution in [0.3, 0.4) is 0 Å². The summed E-state index contributed by atoms with van der Waals surface area (Å²) in [7, 11) is 0. The Morgan fingerprint density at radius 2 is 1.96 bits per heavy atom. The van der Waals surface area contributed by atoms with Gasteiger partial charge in [0.15, 0.2) is 0 Å². The highest BCUT2D eigenvalue weighted by atomic mass is 14.5. The Hall–Kier alpha value is -0.850. The summed E-state index contributed by atoms with van der Waals surface area (Å²) >= 11 is 0. The third kappa shape index (κ3) is 6.76. The first-order valence-corrected chi connectivity index (χ1v) is 10.5. The maximum atomic E-state index is 8.56. The fourth-order valence-electron chi connectivity index (χ4n) is 3.85. The van der Waals surface area contributed by atoms with Crippen LogP contribution in [-0.2, 0) is 0 Å². The van der Waals surface area contributed by atoms with Crippen molar-refractivity contribution in [2.24, 2.45) is 16.7 Å². The Morgan fingerprint density at radius 3 is 2.44 bits per heavy atom. The van der Waals surface area contributed by atoms with E-state index >= 15 is 0 Å². The largest absolute Gasteiger partial charge is 0.309 e. The van der Waals surface area contributed by atoms with Crippen molar-refractivity contribution in [2.75, 3.05) is 0 Å². The second-order valence-electron chi connectivity index (χ2n) is 9.47. The van der Waals surface area contributed by atoms with E-state index in [2.05, 4.69) is 60.6 Å². The van der Waals surface area contributed by atoms with Gasteiger partial charge in [0.1, 0.15) is 0 Å². The predicted molar refractivity (Wildman–Crippen MR) is 114 cm³/mol. The van der Waals surface area contributed by atoms with Gasteiger partial charge in [0, 0.05) is 11.1 Å². The maximum Gasteiger partial charge on any atom is 0.0148 e. The molecule has 144 valence electrons. The number of hydrogen-bond acceptors (Lipinski definition) is 1. The molecule has 1 N–H and O–H groups in total. The van der Waals surface area contributed by atoms with E-state index in [4.69, 9.17) is 5.41 Å². The van der Waals surface area contributed by atoms with Gasteiger partial charge < -0.3 is 5.41 Å². The van der Waals surface area contributed by atoms with Crippen LogP contribution >= 0.6 is 0 Å². The van der Waals surface area contributed by atoms with Crippen molar-refractivity contribution in [3.63, 3.8) is 0 Å². The highest BCUT2D eigenvalue weighted by Gasteiger charge is 2.36. The van der Waals surface area contributed by atoms with Crippen molar-refractivity contribution in [2.45, 2.75) is 106 Å². The molecule has 0 aromatic rings. The van der Waals surface area contributed by atoms with Gasteiger partial charge in [-0.15, -0.1) is 0 Å². The molecule has 1 aliphatic carbocycles. The van der Waals surface area contributed by atoms with Gasteiger partial charge in [0.2, 0.25) is 0 Å². The van der Waals surface area contributed by atoms with Gasteiger partial charge in [-0.05, 0) is 83.0 Å². The molecule has 0 aliphatic heterocycles. The van der Waals surface area contributed by atoms with Crippen LogP contribution in [0.4, 0.5) is 0 Å². The van der Waals surface area contributed by atoms with E-state index in [1.54, 1.807) is 5.57 Å². The smallest absolute Gasteiger partial charge is 0.0148 e. The van der Waals surface area contributed by atoms with Crippen LogP contribution in [0.25, 0.3) is 0 Å². The molecule has 1 fully saturated rings. The molecule has 0 bridgehead atoms. The third-order valence-corrected chi connectivity index (χ3v) is 6.54. The van der Waals surface area contributed by atoms with E-state index in [9.17, 15) is 0 Å². The lowest BCUT2D eigenvalue weighted by Gasteiger charge is -2.42. The number of hydrogen-bond donors (Lipinski definition) is 1. The van der Waals surface area contributed by atoms with Crippen LogP contribution in [-0.4, -0.2) is 5.71 Å². The van der Waals surface area contributed by atoms with Crippen LogP contribution in [0.1, 0.15) is 106 Å². The molecular weight excluding hydrogens is 302 g/mol. The van der Waals surface area contributed by atoms with E-state index in [0.717, 1.165) is 37.8 Å². The summed E-state index contributed by atoms with van der Waals surface area (Å²) in [6.07, 6.45) is 15.5. The highest BCUT2D eigenvalue weighted by molar-refractivity contribution is 5.87. The predicted octanol–water partition coefficient (Wildman–Crippen LogP) is 8.11. The SMILES string of the molecule is CCC(C)(CCC=C1CCC1(C)CCC=C(C)C)C(=N)CCC(C)C. The molecule has 25 heavy (non-hydrogen) atoms. The van der Waals surface area contributed by atoms with Gasteiger partial charge in [-0.25, -0.2) is 0 Å². The van der Waals surface area contributed by atoms with Crippen molar-refractivity contribution in [1.82, 2.24) is 0 Å². The lowest BCUT2D eigenvalue weighted by molar-refractivity contribution is 0.249. The summed E-state index contributed by atoms with van der Waals surface area (Å²) in [5, 5.41) is 8.56. The van der Waals surface area contributed by atoms with Crippen molar-refractivity contribution in [3.05, 3.63) is 23.3 Å². The lowest BCUT2D eigenvalue weighted by atomic mass is 9.63. The molecule has 1 nitrogen and oxygen atoms in total. The zero-order valence-corrected chi connectivity index (χ0v) is 18.1. The Morgan fingerprint density at radius 1 is 1.28 bits per heavy atom. The molecule has 1 aliphatic rings. The Bertz CT molecular complexity index is 492. The van der Waals surface area contributed by atoms with Gasteiger partial charge in [-0.1, -0.05) is 57.9 Å². The molecule has 1 rings (SSSR count). The van der Waals surface area contributed by atoms with Gasteiger partial charge in [0.25, 0.3) is 0 Å². The van der Waals surface area contributed by atoms with Crippen molar-refractivity contribution in [1.29, 1.82) is 5.41 Å². The molecule has 2 atom stereocenters. The summed E-state index contributed by atoms with van der Waals surface area (Å²) in [6, 6.07) is 0. The summed E-state index contributed by atoms with van der Waals surface area (Å²) < 4.78 is 0. The molecule has 1 heteroatoms. The van der Waals surface area contributed by atoms with Gasteiger partial charge >= 0.3 is 0 Å². The second kappa shape index (κ2) is 9.74. The standard InChI is InChI=1S/C24H43N/c1-8-23(6,22(25)14-13-20(4)5)16-10-12-21-15-18-24(21,7)17-9-11-19(2)3/h11-12,20,25H,8-10,13-18H2,1-7H3. The summed E-state index contributed by atoms with van der Waals surface area (Å²) in [5.41, 5.74) is 4.63. The zero-order chi connectivity index (χ0) is 19.1. The fourth-order valence-corrected chi connectivity index (χ4v) is 3.85. The monoisotopic (exact) mass is 345 g/mol. The van der Waals surface area contributed by atoms with Crippen LogP contribution in [0.15, 0.2) is 23.3 Å². The zero-order valence-electron chi connectivity index (χ0n) is 18.1. The molecule has 0 aromatic heterocycles. The first-order chi connectivity index (χ1) is 11.6. The van der Waals surface area contributed by atoms with Crippen molar-refractivity contribution >= 4 is 5.71 Å². The molecule has 0 spiro atoms. The minimum atomic E-state index is 0.0914. The fraction of sp³-hybridized carbons (Fsp3) is 0.792. The van der Waals surface area contributed by atoms with E-state index in [1.165, 1.54) is 31.3 Å². The average molecular weight is 346 g/mol. The van der Waals surface area contributed by atoms with E-state index < -0.39 is 0 Å². The van der Waals surface area contributed by atoms with Crippen molar-refractivity contribution in [3.8, 4) is 0 Å². The van der Waals surface area contributed by atoms with E-state index in [0.29, 0.717) is 11.3 Å². The molecular formula is C24H43N. The van der Waals surface area contributed by atoms with E-state index in [-0.39, 0.29) is 5.41 Å². The minimum Gasteiger partial charge on any atom is -0.309 e. The summed E-state index contributed by atoms with van der Waals surface area (Å²) in [6.45, 7) is 15.9. The molecule has 0 heterocycles. The van der Waals surface area contributed by atoms with Crippen molar-refractivity contribution < 1.29 is 0 Å². The minimum absolute atomic E-state index is 0.0914. The second-order valence-corrected chi connectivity index (χ2v) is 9.47. The molecule has 0 aromatic carbocycles. The van der Waals surface area contributed by atoms with Crippen LogP contribution < -0.4 is 0 Å². The van der Waals surface area contributed by atoms with Gasteiger partial charge in [0.05, 0.1) is 0 Å². The van der Waals surface area contributed by atoms with Crippen LogP contribution in [0.2, 0.25) is 0 Å². The first kappa shape index (κ1) is 22.2.